The van der Waals surface area contributed by atoms with Crippen LogP contribution in [-0.4, -0.2) is 25.2 Å². The predicted molar refractivity (Wildman–Crippen MR) is 135 cm³/mol. The fourth-order valence-electron chi connectivity index (χ4n) is 3.97. The quantitative estimate of drug-likeness (QED) is 0.364. The molecular formula is C27H27N5O2. The summed E-state index contributed by atoms with van der Waals surface area (Å²) in [4.78, 5) is 27.2. The van der Waals surface area contributed by atoms with Gasteiger partial charge in [0.15, 0.2) is 5.65 Å². The number of benzene rings is 2. The topological polar surface area (TPSA) is 88.0 Å². The van der Waals surface area contributed by atoms with Crippen molar-refractivity contribution < 1.29 is 9.63 Å². The highest BCUT2D eigenvalue weighted by Gasteiger charge is 2.28. The van der Waals surface area contributed by atoms with Gasteiger partial charge in [-0.3, -0.25) is 0 Å². The van der Waals surface area contributed by atoms with Crippen LogP contribution in [0.15, 0.2) is 67.3 Å². The van der Waals surface area contributed by atoms with Gasteiger partial charge in [-0.15, -0.1) is 0 Å². The first kappa shape index (κ1) is 21.7. The Kier molecular flexibility index (Phi) is 5.12. The van der Waals surface area contributed by atoms with Gasteiger partial charge in [-0.2, -0.15) is 4.73 Å². The Labute approximate surface area is 197 Å². The van der Waals surface area contributed by atoms with E-state index in [2.05, 4.69) is 41.2 Å². The lowest BCUT2D eigenvalue weighted by Crippen LogP contribution is -2.32. The van der Waals surface area contributed by atoms with E-state index in [0.29, 0.717) is 17.9 Å². The summed E-state index contributed by atoms with van der Waals surface area (Å²) in [6, 6.07) is 16.2. The molecule has 7 heteroatoms. The summed E-state index contributed by atoms with van der Waals surface area (Å²) in [5, 5.41) is 1.88. The number of nitrogen functional groups attached to an aromatic ring is 1. The first-order valence-corrected chi connectivity index (χ1v) is 11.3. The van der Waals surface area contributed by atoms with Crippen LogP contribution in [0.3, 0.4) is 0 Å². The minimum atomic E-state index is -0.585. The van der Waals surface area contributed by atoms with Crippen molar-refractivity contribution in [1.82, 2.24) is 19.3 Å². The summed E-state index contributed by atoms with van der Waals surface area (Å²) in [6.45, 7) is 7.78. The molecule has 0 bridgehead atoms. The summed E-state index contributed by atoms with van der Waals surface area (Å²) in [5.41, 5.74) is 11.1. The number of rotatable bonds is 5. The highest BCUT2D eigenvalue weighted by Crippen LogP contribution is 2.31. The third-order valence-corrected chi connectivity index (χ3v) is 6.54. The van der Waals surface area contributed by atoms with E-state index >= 15 is 0 Å². The van der Waals surface area contributed by atoms with Crippen molar-refractivity contribution in [1.29, 1.82) is 0 Å². The fourth-order valence-corrected chi connectivity index (χ4v) is 3.97. The van der Waals surface area contributed by atoms with Crippen LogP contribution in [0.25, 0.3) is 38.9 Å². The Morgan fingerprint density at radius 3 is 2.68 bits per heavy atom. The molecule has 5 rings (SSSR count). The Bertz CT molecular complexity index is 1540. The standard InChI is InChI=1S/C27H27N5O2/c1-5-27(3,4)26(33)34-32-13-11-21-24(29-16-30-25(21)32)31-12-10-18-7-8-19(14-23(18)31)22-15-20(28)9-6-17(22)2/h6-16H,5,28H2,1-4H3. The Balaban J connectivity index is 1.61. The average molecular weight is 454 g/mol. The predicted octanol–water partition coefficient (Wildman–Crippen LogP) is 5.32. The number of hydrogen-bond acceptors (Lipinski definition) is 5. The molecule has 2 N–H and O–H groups in total. The molecule has 172 valence electrons. The number of fused-ring (bicyclic) bond motifs is 2. The maximum Gasteiger partial charge on any atom is 0.338 e. The lowest BCUT2D eigenvalue weighted by atomic mass is 9.91. The Hall–Kier alpha value is -4.13. The normalized spacial score (nSPS) is 11.9. The molecular weight excluding hydrogens is 426 g/mol. The minimum Gasteiger partial charge on any atom is -0.399 e. The zero-order valence-corrected chi connectivity index (χ0v) is 19.7. The number of nitrogens with zero attached hydrogens (tertiary/aromatic N) is 4. The van der Waals surface area contributed by atoms with Crippen LogP contribution in [-0.2, 0) is 4.79 Å². The second kappa shape index (κ2) is 8.02. The van der Waals surface area contributed by atoms with E-state index in [-0.39, 0.29) is 5.97 Å². The highest BCUT2D eigenvalue weighted by molar-refractivity contribution is 5.91. The van der Waals surface area contributed by atoms with Gasteiger partial charge in [0.2, 0.25) is 0 Å². The molecule has 7 nitrogen and oxygen atoms in total. The summed E-state index contributed by atoms with van der Waals surface area (Å²) in [5.74, 6) is 0.409. The van der Waals surface area contributed by atoms with Crippen molar-refractivity contribution in [3.63, 3.8) is 0 Å². The molecule has 3 aromatic heterocycles. The van der Waals surface area contributed by atoms with E-state index in [9.17, 15) is 4.79 Å². The second-order valence-electron chi connectivity index (χ2n) is 9.23. The first-order chi connectivity index (χ1) is 16.3. The maximum absolute atomic E-state index is 12.6. The maximum atomic E-state index is 12.6. The number of aryl methyl sites for hydroxylation is 1. The van der Waals surface area contributed by atoms with Crippen molar-refractivity contribution in [3.05, 3.63) is 72.8 Å². The minimum absolute atomic E-state index is 0.304. The molecule has 0 atom stereocenters. The van der Waals surface area contributed by atoms with Crippen LogP contribution in [0.2, 0.25) is 0 Å². The van der Waals surface area contributed by atoms with Crippen LogP contribution in [0.5, 0.6) is 0 Å². The van der Waals surface area contributed by atoms with Crippen molar-refractivity contribution in [3.8, 4) is 16.9 Å². The van der Waals surface area contributed by atoms with Crippen molar-refractivity contribution in [2.45, 2.75) is 34.1 Å². The monoisotopic (exact) mass is 453 g/mol. The molecule has 0 saturated heterocycles. The van der Waals surface area contributed by atoms with Crippen molar-refractivity contribution >= 4 is 33.6 Å². The van der Waals surface area contributed by atoms with Gasteiger partial charge in [0.1, 0.15) is 12.1 Å². The van der Waals surface area contributed by atoms with Gasteiger partial charge in [-0.05, 0) is 74.2 Å². The lowest BCUT2D eigenvalue weighted by molar-refractivity contribution is -0.154. The number of carbonyl (C=O) groups is 1. The summed E-state index contributed by atoms with van der Waals surface area (Å²) < 4.78 is 3.46. The van der Waals surface area contributed by atoms with Crippen LogP contribution >= 0.6 is 0 Å². The third-order valence-electron chi connectivity index (χ3n) is 6.54. The molecule has 34 heavy (non-hydrogen) atoms. The van der Waals surface area contributed by atoms with E-state index in [4.69, 9.17) is 10.6 Å². The van der Waals surface area contributed by atoms with Gasteiger partial charge >= 0.3 is 5.97 Å². The molecule has 0 unspecified atom stereocenters. The van der Waals surface area contributed by atoms with Crippen molar-refractivity contribution in [2.75, 3.05) is 5.73 Å². The molecule has 0 aliphatic rings. The third kappa shape index (κ3) is 3.59. The van der Waals surface area contributed by atoms with E-state index in [1.54, 1.807) is 6.20 Å². The van der Waals surface area contributed by atoms with Crippen LogP contribution < -0.4 is 10.6 Å². The first-order valence-electron chi connectivity index (χ1n) is 11.3. The number of carbonyl (C=O) groups excluding carboxylic acids is 1. The molecule has 0 saturated carbocycles. The molecule has 0 aliphatic carbocycles. The smallest absolute Gasteiger partial charge is 0.338 e. The SMILES string of the molecule is CCC(C)(C)C(=O)On1ccc2c(-n3ccc4ccc(-c5cc(N)ccc5C)cc43)ncnc21. The van der Waals surface area contributed by atoms with Crippen LogP contribution in [0.4, 0.5) is 5.69 Å². The van der Waals surface area contributed by atoms with Crippen LogP contribution in [0.1, 0.15) is 32.8 Å². The van der Waals surface area contributed by atoms with E-state index in [1.807, 2.05) is 55.8 Å². The number of hydrogen-bond donors (Lipinski definition) is 1. The van der Waals surface area contributed by atoms with Crippen LogP contribution in [0, 0.1) is 12.3 Å². The largest absolute Gasteiger partial charge is 0.399 e. The summed E-state index contributed by atoms with van der Waals surface area (Å²) >= 11 is 0. The lowest BCUT2D eigenvalue weighted by Gasteiger charge is -2.20. The summed E-state index contributed by atoms with van der Waals surface area (Å²) in [7, 11) is 0. The molecule has 0 spiro atoms. The Morgan fingerprint density at radius 2 is 1.88 bits per heavy atom. The van der Waals surface area contributed by atoms with Gasteiger partial charge in [0, 0.05) is 23.5 Å². The average Bonchev–Trinajstić information content (AvgIpc) is 3.44. The zero-order chi connectivity index (χ0) is 24.0. The summed E-state index contributed by atoms with van der Waals surface area (Å²) in [6.07, 6.45) is 5.87. The van der Waals surface area contributed by atoms with Crippen molar-refractivity contribution in [2.24, 2.45) is 5.41 Å². The number of anilines is 1. The van der Waals surface area contributed by atoms with Gasteiger partial charge < -0.3 is 15.1 Å². The zero-order valence-electron chi connectivity index (χ0n) is 19.7. The molecule has 0 amide bonds. The molecule has 3 heterocycles. The second-order valence-corrected chi connectivity index (χ2v) is 9.23. The van der Waals surface area contributed by atoms with E-state index in [0.717, 1.165) is 38.7 Å². The molecule has 2 aromatic carbocycles. The molecule has 0 fully saturated rings. The van der Waals surface area contributed by atoms with Gasteiger partial charge in [-0.1, -0.05) is 25.1 Å². The fraction of sp³-hybridized carbons (Fsp3) is 0.222. The molecule has 0 radical (unpaired) electrons. The van der Waals surface area contributed by atoms with E-state index < -0.39 is 5.41 Å². The van der Waals surface area contributed by atoms with E-state index in [1.165, 1.54) is 11.1 Å². The Morgan fingerprint density at radius 1 is 1.06 bits per heavy atom. The number of nitrogens with two attached hydrogens (primary N) is 1. The highest BCUT2D eigenvalue weighted by atomic mass is 16.7. The number of aromatic nitrogens is 4. The molecule has 0 aliphatic heterocycles. The molecule has 5 aromatic rings. The van der Waals surface area contributed by atoms with Gasteiger partial charge in [0.05, 0.1) is 16.3 Å². The van der Waals surface area contributed by atoms with Gasteiger partial charge in [0.25, 0.3) is 0 Å². The van der Waals surface area contributed by atoms with Gasteiger partial charge in [-0.25, -0.2) is 14.8 Å².